The highest BCUT2D eigenvalue weighted by atomic mass is 19.1. The van der Waals surface area contributed by atoms with Crippen molar-refractivity contribution in [3.8, 4) is 17.0 Å². The Morgan fingerprint density at radius 1 is 1.03 bits per heavy atom. The van der Waals surface area contributed by atoms with Crippen LogP contribution in [0.1, 0.15) is 37.0 Å². The lowest BCUT2D eigenvalue weighted by Crippen LogP contribution is -2.47. The van der Waals surface area contributed by atoms with Crippen molar-refractivity contribution < 1.29 is 18.7 Å². The summed E-state index contributed by atoms with van der Waals surface area (Å²) in [4.78, 5) is 31.9. The highest BCUT2D eigenvalue weighted by Crippen LogP contribution is 2.22. The van der Waals surface area contributed by atoms with Gasteiger partial charge in [-0.1, -0.05) is 13.0 Å². The number of rotatable bonds is 8. The van der Waals surface area contributed by atoms with E-state index in [-0.39, 0.29) is 30.0 Å². The topological polar surface area (TPSA) is 78.9 Å². The largest absolute Gasteiger partial charge is 0.497 e. The summed E-state index contributed by atoms with van der Waals surface area (Å²) in [5.74, 6) is 0.624. The van der Waals surface area contributed by atoms with Crippen molar-refractivity contribution in [2.24, 2.45) is 0 Å². The average Bonchev–Trinajstić information content (AvgIpc) is 3.22. The van der Waals surface area contributed by atoms with E-state index in [0.717, 1.165) is 35.8 Å². The molecule has 38 heavy (non-hydrogen) atoms. The second-order valence-corrected chi connectivity index (χ2v) is 9.43. The molecule has 1 fully saturated rings. The van der Waals surface area contributed by atoms with Gasteiger partial charge in [0.1, 0.15) is 18.1 Å². The van der Waals surface area contributed by atoms with E-state index in [9.17, 15) is 14.0 Å². The van der Waals surface area contributed by atoms with Crippen LogP contribution in [0, 0.1) is 5.82 Å². The third-order valence-electron chi connectivity index (χ3n) is 6.97. The number of halogens is 1. The van der Waals surface area contributed by atoms with Crippen molar-refractivity contribution >= 4 is 17.6 Å². The Bertz CT molecular complexity index is 1240. The highest BCUT2D eigenvalue weighted by molar-refractivity contribution is 5.96. The molecule has 1 atom stereocenters. The van der Waals surface area contributed by atoms with Gasteiger partial charge in [0.2, 0.25) is 5.91 Å². The Balaban J connectivity index is 1.39. The molecule has 2 aromatic carbocycles. The molecule has 1 aliphatic heterocycles. The number of anilines is 1. The Hall–Kier alpha value is -4.01. The van der Waals surface area contributed by atoms with Crippen LogP contribution in [0.5, 0.6) is 5.75 Å². The van der Waals surface area contributed by atoms with Gasteiger partial charge in [0.15, 0.2) is 5.82 Å². The molecule has 9 heteroatoms. The number of hydrogen-bond donors (Lipinski definition) is 0. The number of hydrogen-bond acceptors (Lipinski definition) is 6. The van der Waals surface area contributed by atoms with Gasteiger partial charge in [0, 0.05) is 43.3 Å². The molecule has 8 nitrogen and oxygen atoms in total. The molecule has 2 amide bonds. The lowest BCUT2D eigenvalue weighted by Gasteiger charge is -2.31. The van der Waals surface area contributed by atoms with Crippen LogP contribution in [-0.4, -0.2) is 77.7 Å². The van der Waals surface area contributed by atoms with E-state index in [1.54, 1.807) is 23.0 Å². The maximum Gasteiger partial charge on any atom is 0.254 e. The number of benzene rings is 2. The Labute approximate surface area is 223 Å². The zero-order chi connectivity index (χ0) is 27.1. The van der Waals surface area contributed by atoms with E-state index < -0.39 is 5.82 Å². The van der Waals surface area contributed by atoms with Crippen molar-refractivity contribution in [3.63, 3.8) is 0 Å². The maximum absolute atomic E-state index is 13.7. The zero-order valence-electron chi connectivity index (χ0n) is 22.1. The SMILES string of the molecule is CC[C@H](C)N(CC(=O)N1CCCN(c2ccc(-c3ccc(OC)cc3)nn2)CC1)C(=O)c1cccc(F)c1. The van der Waals surface area contributed by atoms with E-state index in [2.05, 4.69) is 15.1 Å². The number of aromatic nitrogens is 2. The molecular formula is C29H34FN5O3. The molecule has 1 aromatic heterocycles. The molecule has 200 valence electrons. The summed E-state index contributed by atoms with van der Waals surface area (Å²) in [6.07, 6.45) is 1.46. The van der Waals surface area contributed by atoms with Crippen LogP contribution >= 0.6 is 0 Å². The fraction of sp³-hybridized carbons (Fsp3) is 0.379. The summed E-state index contributed by atoms with van der Waals surface area (Å²) in [5.41, 5.74) is 1.98. The first-order valence-corrected chi connectivity index (χ1v) is 13.0. The van der Waals surface area contributed by atoms with Crippen molar-refractivity contribution in [2.45, 2.75) is 32.7 Å². The smallest absolute Gasteiger partial charge is 0.254 e. The average molecular weight is 520 g/mol. The molecule has 1 aliphatic rings. The lowest BCUT2D eigenvalue weighted by molar-refractivity contribution is -0.132. The number of carbonyl (C=O) groups excluding carboxylic acids is 2. The van der Waals surface area contributed by atoms with Gasteiger partial charge in [-0.3, -0.25) is 9.59 Å². The molecule has 0 N–H and O–H groups in total. The first kappa shape index (κ1) is 27.0. The number of methoxy groups -OCH3 is 1. The van der Waals surface area contributed by atoms with E-state index >= 15 is 0 Å². The number of carbonyl (C=O) groups is 2. The van der Waals surface area contributed by atoms with E-state index in [4.69, 9.17) is 4.74 Å². The predicted molar refractivity (Wildman–Crippen MR) is 145 cm³/mol. The van der Waals surface area contributed by atoms with Gasteiger partial charge in [-0.2, -0.15) is 0 Å². The van der Waals surface area contributed by atoms with Crippen molar-refractivity contribution in [1.29, 1.82) is 0 Å². The molecule has 4 rings (SSSR count). The van der Waals surface area contributed by atoms with E-state index in [1.165, 1.54) is 18.2 Å². The van der Waals surface area contributed by atoms with Gasteiger partial charge < -0.3 is 19.4 Å². The molecular weight excluding hydrogens is 485 g/mol. The van der Waals surface area contributed by atoms with Gasteiger partial charge in [-0.25, -0.2) is 4.39 Å². The number of ether oxygens (including phenoxy) is 1. The monoisotopic (exact) mass is 519 g/mol. The zero-order valence-corrected chi connectivity index (χ0v) is 22.1. The summed E-state index contributed by atoms with van der Waals surface area (Å²) in [6, 6.07) is 17.0. The number of amides is 2. The minimum Gasteiger partial charge on any atom is -0.497 e. The van der Waals surface area contributed by atoms with Crippen LogP contribution in [0.15, 0.2) is 60.7 Å². The second-order valence-electron chi connectivity index (χ2n) is 9.43. The molecule has 1 saturated heterocycles. The molecule has 2 heterocycles. The van der Waals surface area contributed by atoms with Gasteiger partial charge in [0.25, 0.3) is 5.91 Å². The van der Waals surface area contributed by atoms with Crippen molar-refractivity contribution in [1.82, 2.24) is 20.0 Å². The van der Waals surface area contributed by atoms with Gasteiger partial charge in [0.05, 0.1) is 12.8 Å². The minimum atomic E-state index is -0.473. The normalized spacial score (nSPS) is 14.5. The summed E-state index contributed by atoms with van der Waals surface area (Å²) in [6.45, 7) is 6.30. The van der Waals surface area contributed by atoms with Crippen LogP contribution in [0.3, 0.4) is 0 Å². The second kappa shape index (κ2) is 12.5. The fourth-order valence-electron chi connectivity index (χ4n) is 4.49. The summed E-state index contributed by atoms with van der Waals surface area (Å²) in [7, 11) is 1.63. The Morgan fingerprint density at radius 3 is 2.47 bits per heavy atom. The van der Waals surface area contributed by atoms with Gasteiger partial charge in [-0.05, 0) is 74.4 Å². The van der Waals surface area contributed by atoms with Crippen molar-refractivity contribution in [3.05, 3.63) is 72.0 Å². The molecule has 0 aliphatic carbocycles. The summed E-state index contributed by atoms with van der Waals surface area (Å²) in [5, 5.41) is 8.84. The lowest BCUT2D eigenvalue weighted by atomic mass is 10.1. The third-order valence-corrected chi connectivity index (χ3v) is 6.97. The van der Waals surface area contributed by atoms with Crippen LogP contribution in [0.2, 0.25) is 0 Å². The molecule has 0 spiro atoms. The van der Waals surface area contributed by atoms with E-state index in [0.29, 0.717) is 26.1 Å². The molecule has 0 bridgehead atoms. The summed E-state index contributed by atoms with van der Waals surface area (Å²) < 4.78 is 18.9. The minimum absolute atomic E-state index is 0.0410. The number of nitrogens with zero attached hydrogens (tertiary/aromatic N) is 5. The van der Waals surface area contributed by atoms with Crippen LogP contribution in [0.25, 0.3) is 11.3 Å². The highest BCUT2D eigenvalue weighted by Gasteiger charge is 2.27. The summed E-state index contributed by atoms with van der Waals surface area (Å²) >= 11 is 0. The quantitative estimate of drug-likeness (QED) is 0.442. The first-order chi connectivity index (χ1) is 18.4. The molecule has 0 unspecified atom stereocenters. The van der Waals surface area contributed by atoms with E-state index in [1.807, 2.05) is 50.2 Å². The van der Waals surface area contributed by atoms with Crippen LogP contribution < -0.4 is 9.64 Å². The van der Waals surface area contributed by atoms with Gasteiger partial charge >= 0.3 is 0 Å². The van der Waals surface area contributed by atoms with Gasteiger partial charge in [-0.15, -0.1) is 10.2 Å². The standard InChI is InChI=1S/C29H34FN5O3/c1-4-21(2)35(29(37)23-7-5-8-24(30)19-23)20-28(36)34-16-6-15-33(17-18-34)27-14-13-26(31-32-27)22-9-11-25(38-3)12-10-22/h5,7-14,19,21H,4,6,15-18,20H2,1-3H3/t21-/m0/s1. The fourth-order valence-corrected chi connectivity index (χ4v) is 4.49. The first-order valence-electron chi connectivity index (χ1n) is 13.0. The van der Waals surface area contributed by atoms with Crippen LogP contribution in [0.4, 0.5) is 10.2 Å². The maximum atomic E-state index is 13.7. The Kier molecular flexibility index (Phi) is 8.89. The Morgan fingerprint density at radius 2 is 1.82 bits per heavy atom. The molecule has 0 saturated carbocycles. The molecule has 3 aromatic rings. The molecule has 0 radical (unpaired) electrons. The predicted octanol–water partition coefficient (Wildman–Crippen LogP) is 4.27. The van der Waals surface area contributed by atoms with Crippen LogP contribution in [-0.2, 0) is 4.79 Å². The third kappa shape index (κ3) is 6.45. The van der Waals surface area contributed by atoms with Crippen molar-refractivity contribution in [2.75, 3.05) is 44.7 Å².